The predicted molar refractivity (Wildman–Crippen MR) is 99.5 cm³/mol. The molecule has 0 aliphatic rings. The fourth-order valence-electron chi connectivity index (χ4n) is 2.25. The summed E-state index contributed by atoms with van der Waals surface area (Å²) in [5.74, 6) is 0.212. The van der Waals surface area contributed by atoms with Gasteiger partial charge in [0.25, 0.3) is 5.56 Å². The van der Waals surface area contributed by atoms with Gasteiger partial charge in [-0.15, -0.1) is 0 Å². The molecular weight excluding hydrogens is 322 g/mol. The second-order valence-corrected chi connectivity index (χ2v) is 8.17. The van der Waals surface area contributed by atoms with Gasteiger partial charge in [-0.25, -0.2) is 4.98 Å². The van der Waals surface area contributed by atoms with Crippen LogP contribution < -0.4 is 10.9 Å². The van der Waals surface area contributed by atoms with Gasteiger partial charge in [0.05, 0.1) is 16.7 Å². The van der Waals surface area contributed by atoms with Gasteiger partial charge in [-0.2, -0.15) is 0 Å². The van der Waals surface area contributed by atoms with E-state index in [1.807, 2.05) is 25.1 Å². The Balaban J connectivity index is 2.05. The highest BCUT2D eigenvalue weighted by atomic mass is 32.2. The highest BCUT2D eigenvalue weighted by Gasteiger charge is 2.13. The normalized spacial score (nSPS) is 11.7. The van der Waals surface area contributed by atoms with E-state index in [0.29, 0.717) is 22.6 Å². The Morgan fingerprint density at radius 2 is 2.04 bits per heavy atom. The third kappa shape index (κ3) is 4.84. The average Bonchev–Trinajstić information content (AvgIpc) is 2.49. The number of carbonyl (C=O) groups excluding carboxylic acids is 1. The second kappa shape index (κ2) is 7.38. The molecular formula is C18H25N3O2S. The average molecular weight is 347 g/mol. The first-order valence-corrected chi connectivity index (χ1v) is 9.03. The largest absolute Gasteiger partial charge is 0.355 e. The van der Waals surface area contributed by atoms with Gasteiger partial charge in [-0.3, -0.25) is 14.2 Å². The molecule has 130 valence electrons. The third-order valence-electron chi connectivity index (χ3n) is 3.72. The van der Waals surface area contributed by atoms with Crippen molar-refractivity contribution in [3.63, 3.8) is 0 Å². The van der Waals surface area contributed by atoms with E-state index in [1.54, 1.807) is 7.05 Å². The smallest absolute Gasteiger partial charge is 0.261 e. The minimum atomic E-state index is -0.0839. The lowest BCUT2D eigenvalue weighted by atomic mass is 9.92. The molecule has 0 saturated heterocycles. The molecule has 5 nitrogen and oxygen atoms in total. The monoisotopic (exact) mass is 347 g/mol. The minimum absolute atomic E-state index is 0.0393. The van der Waals surface area contributed by atoms with E-state index in [0.717, 1.165) is 12.0 Å². The van der Waals surface area contributed by atoms with Gasteiger partial charge in [0.15, 0.2) is 5.16 Å². The van der Waals surface area contributed by atoms with Crippen LogP contribution in [-0.4, -0.2) is 27.8 Å². The number of thioether (sulfide) groups is 1. The molecule has 0 bridgehead atoms. The fraction of sp³-hybridized carbons (Fsp3) is 0.500. The first kappa shape index (κ1) is 18.5. The van der Waals surface area contributed by atoms with Gasteiger partial charge in [0, 0.05) is 13.6 Å². The zero-order chi connectivity index (χ0) is 17.9. The molecule has 1 heterocycles. The summed E-state index contributed by atoms with van der Waals surface area (Å²) >= 11 is 1.29. The van der Waals surface area contributed by atoms with Gasteiger partial charge >= 0.3 is 0 Å². The molecule has 2 rings (SSSR count). The Morgan fingerprint density at radius 3 is 2.71 bits per heavy atom. The van der Waals surface area contributed by atoms with Crippen LogP contribution in [0.3, 0.4) is 0 Å². The molecule has 6 heteroatoms. The second-order valence-electron chi connectivity index (χ2n) is 7.23. The first-order valence-electron chi connectivity index (χ1n) is 8.04. The van der Waals surface area contributed by atoms with Crippen LogP contribution in [-0.2, 0) is 11.8 Å². The highest BCUT2D eigenvalue weighted by molar-refractivity contribution is 7.99. The Morgan fingerprint density at radius 1 is 1.33 bits per heavy atom. The van der Waals surface area contributed by atoms with E-state index in [4.69, 9.17) is 0 Å². The molecule has 0 fully saturated rings. The summed E-state index contributed by atoms with van der Waals surface area (Å²) in [6.45, 7) is 9.04. The number of nitrogens with one attached hydrogen (secondary N) is 1. The number of rotatable bonds is 5. The van der Waals surface area contributed by atoms with Crippen molar-refractivity contribution in [3.05, 3.63) is 34.1 Å². The summed E-state index contributed by atoms with van der Waals surface area (Å²) < 4.78 is 1.51. The van der Waals surface area contributed by atoms with Gasteiger partial charge in [0.1, 0.15) is 0 Å². The van der Waals surface area contributed by atoms with E-state index >= 15 is 0 Å². The molecule has 0 radical (unpaired) electrons. The van der Waals surface area contributed by atoms with Crippen molar-refractivity contribution >= 4 is 28.6 Å². The molecule has 0 unspecified atom stereocenters. The molecule has 1 aromatic heterocycles. The molecule has 1 aromatic carbocycles. The summed E-state index contributed by atoms with van der Waals surface area (Å²) in [4.78, 5) is 28.9. The van der Waals surface area contributed by atoms with Crippen LogP contribution >= 0.6 is 11.8 Å². The van der Waals surface area contributed by atoms with Crippen LogP contribution in [0.25, 0.3) is 10.9 Å². The maximum atomic E-state index is 12.4. The topological polar surface area (TPSA) is 64.0 Å². The van der Waals surface area contributed by atoms with Crippen LogP contribution in [0.4, 0.5) is 0 Å². The van der Waals surface area contributed by atoms with Gasteiger partial charge in [-0.05, 0) is 30.9 Å². The third-order valence-corrected chi connectivity index (χ3v) is 4.75. The van der Waals surface area contributed by atoms with Crippen molar-refractivity contribution in [2.45, 2.75) is 39.3 Å². The predicted octanol–water partition coefficient (Wildman–Crippen LogP) is 2.89. The zero-order valence-electron chi connectivity index (χ0n) is 15.0. The van der Waals surface area contributed by atoms with Crippen LogP contribution in [0.2, 0.25) is 0 Å². The lowest BCUT2D eigenvalue weighted by molar-refractivity contribution is -0.118. The lowest BCUT2D eigenvalue weighted by Crippen LogP contribution is -2.29. The highest BCUT2D eigenvalue weighted by Crippen LogP contribution is 2.18. The summed E-state index contributed by atoms with van der Waals surface area (Å²) in [5.41, 5.74) is 1.81. The minimum Gasteiger partial charge on any atom is -0.355 e. The van der Waals surface area contributed by atoms with Gasteiger partial charge in [-0.1, -0.05) is 44.2 Å². The van der Waals surface area contributed by atoms with Crippen molar-refractivity contribution in [1.82, 2.24) is 14.9 Å². The van der Waals surface area contributed by atoms with Crippen molar-refractivity contribution in [3.8, 4) is 0 Å². The lowest BCUT2D eigenvalue weighted by Gasteiger charge is -2.18. The molecule has 0 aliphatic carbocycles. The molecule has 0 spiro atoms. The number of hydrogen-bond acceptors (Lipinski definition) is 4. The van der Waals surface area contributed by atoms with Crippen LogP contribution in [0.5, 0.6) is 0 Å². The Bertz CT molecular complexity index is 806. The SMILES string of the molecule is Cc1ccc2nc(SCC(=O)NCCC(C)(C)C)n(C)c(=O)c2c1. The summed E-state index contributed by atoms with van der Waals surface area (Å²) in [6, 6.07) is 5.63. The van der Waals surface area contributed by atoms with Crippen LogP contribution in [0.1, 0.15) is 32.8 Å². The molecule has 2 aromatic rings. The number of carbonyl (C=O) groups is 1. The maximum absolute atomic E-state index is 12.4. The Kier molecular flexibility index (Phi) is 5.70. The molecule has 1 N–H and O–H groups in total. The number of hydrogen-bond donors (Lipinski definition) is 1. The van der Waals surface area contributed by atoms with E-state index in [1.165, 1.54) is 16.3 Å². The Hall–Kier alpha value is -1.82. The summed E-state index contributed by atoms with van der Waals surface area (Å²) in [7, 11) is 1.69. The van der Waals surface area contributed by atoms with Crippen molar-refractivity contribution in [2.75, 3.05) is 12.3 Å². The molecule has 0 atom stereocenters. The van der Waals surface area contributed by atoms with E-state index < -0.39 is 0 Å². The molecule has 0 aliphatic heterocycles. The van der Waals surface area contributed by atoms with E-state index in [9.17, 15) is 9.59 Å². The summed E-state index contributed by atoms with van der Waals surface area (Å²) in [5, 5.41) is 4.08. The van der Waals surface area contributed by atoms with Crippen molar-refractivity contribution in [1.29, 1.82) is 0 Å². The molecule has 1 amide bonds. The van der Waals surface area contributed by atoms with Gasteiger partial charge in [0.2, 0.25) is 5.91 Å². The van der Waals surface area contributed by atoms with Crippen molar-refractivity contribution < 1.29 is 4.79 Å². The number of amides is 1. The first-order chi connectivity index (χ1) is 11.2. The van der Waals surface area contributed by atoms with Crippen molar-refractivity contribution in [2.24, 2.45) is 12.5 Å². The fourth-order valence-corrected chi connectivity index (χ4v) is 3.05. The van der Waals surface area contributed by atoms with E-state index in [-0.39, 0.29) is 22.6 Å². The molecule has 24 heavy (non-hydrogen) atoms. The molecule has 0 saturated carbocycles. The Labute approximate surface area is 146 Å². The number of fused-ring (bicyclic) bond motifs is 1. The summed E-state index contributed by atoms with van der Waals surface area (Å²) in [6.07, 6.45) is 0.926. The standard InChI is InChI=1S/C18H25N3O2S/c1-12-6-7-14-13(10-12)16(23)21(5)17(20-14)24-11-15(22)19-9-8-18(2,3)4/h6-7,10H,8-9,11H2,1-5H3,(H,19,22). The number of benzene rings is 1. The van der Waals surface area contributed by atoms with E-state index in [2.05, 4.69) is 31.1 Å². The zero-order valence-corrected chi connectivity index (χ0v) is 15.8. The van der Waals surface area contributed by atoms with Gasteiger partial charge < -0.3 is 5.32 Å². The number of nitrogens with zero attached hydrogens (tertiary/aromatic N) is 2. The quantitative estimate of drug-likeness (QED) is 0.667. The maximum Gasteiger partial charge on any atom is 0.261 e. The van der Waals surface area contributed by atoms with Crippen LogP contribution in [0.15, 0.2) is 28.2 Å². The number of aryl methyl sites for hydroxylation is 1. The number of aromatic nitrogens is 2. The van der Waals surface area contributed by atoms with Crippen LogP contribution in [0, 0.1) is 12.3 Å².